The highest BCUT2D eigenvalue weighted by molar-refractivity contribution is 5.78. The van der Waals surface area contributed by atoms with Crippen LogP contribution in [0.5, 0.6) is 5.75 Å². The Morgan fingerprint density at radius 2 is 2.26 bits per heavy atom. The number of amides is 1. The fraction of sp³-hybridized carbons (Fsp3) is 0.385. The summed E-state index contributed by atoms with van der Waals surface area (Å²) in [6.45, 7) is 0. The van der Waals surface area contributed by atoms with E-state index in [4.69, 9.17) is 4.74 Å². The highest BCUT2D eigenvalue weighted by Crippen LogP contribution is 2.34. The average molecular weight is 267 g/mol. The molecule has 1 fully saturated rings. The summed E-state index contributed by atoms with van der Waals surface area (Å²) in [4.78, 5) is 23.6. The second kappa shape index (κ2) is 5.26. The standard InChI is InChI=1S/C13H14FNO4/c1-19-11-5-2-8(6-10(11)14)12(13(17)18)15(7-16)9-3-4-9/h2,5-7,9,12H,3-4H2,1H3,(H,17,18). The number of carboxylic acid groups (broad SMARTS) is 1. The minimum atomic E-state index is -1.18. The minimum absolute atomic E-state index is 0.0389. The van der Waals surface area contributed by atoms with Crippen LogP contribution in [0.25, 0.3) is 0 Å². The first kappa shape index (κ1) is 13.3. The Hall–Kier alpha value is -2.11. The van der Waals surface area contributed by atoms with Gasteiger partial charge in [0.2, 0.25) is 6.41 Å². The van der Waals surface area contributed by atoms with Crippen LogP contribution in [-0.2, 0) is 9.59 Å². The molecule has 0 radical (unpaired) electrons. The Kier molecular flexibility index (Phi) is 3.69. The van der Waals surface area contributed by atoms with Gasteiger partial charge in [0.25, 0.3) is 0 Å². The molecule has 1 unspecified atom stereocenters. The Labute approximate surface area is 109 Å². The normalized spacial score (nSPS) is 15.7. The summed E-state index contributed by atoms with van der Waals surface area (Å²) in [7, 11) is 1.33. The number of rotatable bonds is 6. The Balaban J connectivity index is 2.35. The molecular weight excluding hydrogens is 253 g/mol. The van der Waals surface area contributed by atoms with Crippen molar-refractivity contribution in [2.75, 3.05) is 7.11 Å². The van der Waals surface area contributed by atoms with Crippen LogP contribution in [0.2, 0.25) is 0 Å². The summed E-state index contributed by atoms with van der Waals surface area (Å²) in [6, 6.07) is 2.68. The highest BCUT2D eigenvalue weighted by Gasteiger charge is 2.37. The van der Waals surface area contributed by atoms with Crippen molar-refractivity contribution >= 4 is 12.4 Å². The molecule has 1 N–H and O–H groups in total. The van der Waals surface area contributed by atoms with Crippen molar-refractivity contribution in [2.45, 2.75) is 24.9 Å². The van der Waals surface area contributed by atoms with Gasteiger partial charge >= 0.3 is 5.97 Å². The van der Waals surface area contributed by atoms with E-state index in [1.54, 1.807) is 0 Å². The molecule has 1 atom stereocenters. The lowest BCUT2D eigenvalue weighted by molar-refractivity contribution is -0.147. The third-order valence-electron chi connectivity index (χ3n) is 3.11. The maximum absolute atomic E-state index is 13.6. The molecule has 0 heterocycles. The number of methoxy groups -OCH3 is 1. The molecular formula is C13H14FNO4. The van der Waals surface area contributed by atoms with Crippen LogP contribution in [0, 0.1) is 5.82 Å². The molecule has 6 heteroatoms. The van der Waals surface area contributed by atoms with Gasteiger partial charge < -0.3 is 14.7 Å². The SMILES string of the molecule is COc1ccc(C(C(=O)O)N(C=O)C2CC2)cc1F. The van der Waals surface area contributed by atoms with Crippen molar-refractivity contribution in [2.24, 2.45) is 0 Å². The molecule has 102 valence electrons. The van der Waals surface area contributed by atoms with E-state index in [2.05, 4.69) is 0 Å². The fourth-order valence-corrected chi connectivity index (χ4v) is 2.03. The van der Waals surface area contributed by atoms with Crippen LogP contribution in [0.3, 0.4) is 0 Å². The van der Waals surface area contributed by atoms with E-state index in [1.165, 1.54) is 24.1 Å². The monoisotopic (exact) mass is 267 g/mol. The van der Waals surface area contributed by atoms with Gasteiger partial charge in [0, 0.05) is 6.04 Å². The molecule has 0 bridgehead atoms. The van der Waals surface area contributed by atoms with Gasteiger partial charge in [-0.05, 0) is 30.5 Å². The lowest BCUT2D eigenvalue weighted by Crippen LogP contribution is -2.34. The maximum Gasteiger partial charge on any atom is 0.331 e. The largest absolute Gasteiger partial charge is 0.494 e. The summed E-state index contributed by atoms with van der Waals surface area (Å²) in [5.74, 6) is -1.78. The summed E-state index contributed by atoms with van der Waals surface area (Å²) >= 11 is 0. The van der Waals surface area contributed by atoms with Gasteiger partial charge in [-0.15, -0.1) is 0 Å². The Bertz CT molecular complexity index is 501. The van der Waals surface area contributed by atoms with Crippen LogP contribution >= 0.6 is 0 Å². The van der Waals surface area contributed by atoms with E-state index in [0.717, 1.165) is 18.9 Å². The molecule has 1 amide bonds. The van der Waals surface area contributed by atoms with Gasteiger partial charge in [-0.2, -0.15) is 0 Å². The molecule has 1 aromatic rings. The Morgan fingerprint density at radius 3 is 2.68 bits per heavy atom. The number of aliphatic carboxylic acids is 1. The summed E-state index contributed by atoms with van der Waals surface area (Å²) in [5, 5.41) is 9.27. The van der Waals surface area contributed by atoms with Gasteiger partial charge in [0.1, 0.15) is 0 Å². The molecule has 1 aliphatic carbocycles. The summed E-state index contributed by atoms with van der Waals surface area (Å²) in [5.41, 5.74) is 0.227. The van der Waals surface area contributed by atoms with Crippen molar-refractivity contribution < 1.29 is 23.8 Å². The number of hydrogen-bond acceptors (Lipinski definition) is 3. The molecule has 0 spiro atoms. The van der Waals surface area contributed by atoms with Crippen LogP contribution < -0.4 is 4.74 Å². The van der Waals surface area contributed by atoms with Crippen molar-refractivity contribution in [3.05, 3.63) is 29.6 Å². The number of carbonyl (C=O) groups excluding carboxylic acids is 1. The lowest BCUT2D eigenvalue weighted by atomic mass is 10.0. The molecule has 0 aromatic heterocycles. The van der Waals surface area contributed by atoms with Crippen LogP contribution in [0.4, 0.5) is 4.39 Å². The molecule has 1 aliphatic rings. The number of ether oxygens (including phenoxy) is 1. The number of benzene rings is 1. The molecule has 1 aromatic carbocycles. The zero-order valence-corrected chi connectivity index (χ0v) is 10.4. The number of hydrogen-bond donors (Lipinski definition) is 1. The zero-order valence-electron chi connectivity index (χ0n) is 10.4. The van der Waals surface area contributed by atoms with Crippen molar-refractivity contribution in [3.8, 4) is 5.75 Å². The minimum Gasteiger partial charge on any atom is -0.494 e. The van der Waals surface area contributed by atoms with Crippen molar-refractivity contribution in [3.63, 3.8) is 0 Å². The first-order chi connectivity index (χ1) is 9.08. The van der Waals surface area contributed by atoms with Crippen molar-refractivity contribution in [1.29, 1.82) is 0 Å². The maximum atomic E-state index is 13.6. The predicted octanol–water partition coefficient (Wildman–Crippen LogP) is 1.58. The topological polar surface area (TPSA) is 66.8 Å². The number of nitrogens with zero attached hydrogens (tertiary/aromatic N) is 1. The van der Waals surface area contributed by atoms with Gasteiger partial charge in [-0.25, -0.2) is 9.18 Å². The van der Waals surface area contributed by atoms with Gasteiger partial charge in [-0.3, -0.25) is 4.79 Å². The van der Waals surface area contributed by atoms with Gasteiger partial charge in [0.05, 0.1) is 7.11 Å². The summed E-state index contributed by atoms with van der Waals surface area (Å²) in [6.07, 6.45) is 2.07. The average Bonchev–Trinajstić information content (AvgIpc) is 3.19. The van der Waals surface area contributed by atoms with E-state index >= 15 is 0 Å². The fourth-order valence-electron chi connectivity index (χ4n) is 2.03. The summed E-state index contributed by atoms with van der Waals surface area (Å²) < 4.78 is 18.4. The molecule has 0 aliphatic heterocycles. The van der Waals surface area contributed by atoms with Crippen molar-refractivity contribution in [1.82, 2.24) is 4.90 Å². The lowest BCUT2D eigenvalue weighted by Gasteiger charge is -2.25. The number of carboxylic acids is 1. The quantitative estimate of drug-likeness (QED) is 0.795. The number of halogens is 1. The molecule has 2 rings (SSSR count). The third kappa shape index (κ3) is 2.67. The first-order valence-electron chi connectivity index (χ1n) is 5.87. The smallest absolute Gasteiger partial charge is 0.331 e. The van der Waals surface area contributed by atoms with E-state index in [0.29, 0.717) is 6.41 Å². The molecule has 19 heavy (non-hydrogen) atoms. The highest BCUT2D eigenvalue weighted by atomic mass is 19.1. The van der Waals surface area contributed by atoms with Crippen LogP contribution in [-0.4, -0.2) is 35.5 Å². The van der Waals surface area contributed by atoms with Crippen LogP contribution in [0.15, 0.2) is 18.2 Å². The van der Waals surface area contributed by atoms with Gasteiger partial charge in [0.15, 0.2) is 17.6 Å². The van der Waals surface area contributed by atoms with E-state index < -0.39 is 17.8 Å². The van der Waals surface area contributed by atoms with Gasteiger partial charge in [-0.1, -0.05) is 6.07 Å². The molecule has 1 saturated carbocycles. The second-order valence-electron chi connectivity index (χ2n) is 4.42. The number of carbonyl (C=O) groups is 2. The van der Waals surface area contributed by atoms with E-state index in [-0.39, 0.29) is 17.4 Å². The van der Waals surface area contributed by atoms with E-state index in [9.17, 15) is 19.1 Å². The molecule has 5 nitrogen and oxygen atoms in total. The predicted molar refractivity (Wildman–Crippen MR) is 64.3 cm³/mol. The first-order valence-corrected chi connectivity index (χ1v) is 5.87. The zero-order chi connectivity index (χ0) is 14.0. The van der Waals surface area contributed by atoms with Crippen LogP contribution in [0.1, 0.15) is 24.4 Å². The van der Waals surface area contributed by atoms with E-state index in [1.807, 2.05) is 0 Å². The Morgan fingerprint density at radius 1 is 1.58 bits per heavy atom. The second-order valence-corrected chi connectivity index (χ2v) is 4.42. The third-order valence-corrected chi connectivity index (χ3v) is 3.11. The molecule has 0 saturated heterocycles.